The molecule has 2 aliphatic rings. The van der Waals surface area contributed by atoms with Crippen molar-refractivity contribution in [3.63, 3.8) is 0 Å². The van der Waals surface area contributed by atoms with Gasteiger partial charge in [0.05, 0.1) is 19.3 Å². The maximum Gasteiger partial charge on any atom is 0.322 e. The van der Waals surface area contributed by atoms with Crippen molar-refractivity contribution in [2.75, 3.05) is 19.0 Å². The molecule has 6 nitrogen and oxygen atoms in total. The summed E-state index contributed by atoms with van der Waals surface area (Å²) in [4.78, 5) is 22.7. The van der Waals surface area contributed by atoms with E-state index in [1.807, 2.05) is 23.1 Å². The fourth-order valence-electron chi connectivity index (χ4n) is 3.92. The SMILES string of the molecule is COc1ncncc1NC(=O)N1CC2(CC=CC2)C1c1ccccc1. The van der Waals surface area contributed by atoms with E-state index in [9.17, 15) is 4.79 Å². The van der Waals surface area contributed by atoms with Crippen molar-refractivity contribution in [3.05, 3.63) is 60.6 Å². The number of hydrogen-bond donors (Lipinski definition) is 1. The third-order valence-electron chi connectivity index (χ3n) is 5.08. The molecule has 1 aromatic heterocycles. The second-order valence-electron chi connectivity index (χ2n) is 6.56. The van der Waals surface area contributed by atoms with Crippen molar-refractivity contribution in [3.8, 4) is 5.88 Å². The number of hydrogen-bond acceptors (Lipinski definition) is 4. The number of nitrogens with zero attached hydrogens (tertiary/aromatic N) is 3. The van der Waals surface area contributed by atoms with Crippen LogP contribution in [0.15, 0.2) is 55.0 Å². The van der Waals surface area contributed by atoms with Gasteiger partial charge in [0.2, 0.25) is 5.88 Å². The lowest BCUT2D eigenvalue weighted by molar-refractivity contribution is -0.0308. The number of allylic oxidation sites excluding steroid dienone is 2. The summed E-state index contributed by atoms with van der Waals surface area (Å²) in [5.41, 5.74) is 1.77. The van der Waals surface area contributed by atoms with Crippen LogP contribution >= 0.6 is 0 Å². The quantitative estimate of drug-likeness (QED) is 0.872. The molecule has 1 saturated heterocycles. The minimum absolute atomic E-state index is 0.0688. The molecule has 1 aliphatic heterocycles. The predicted octanol–water partition coefficient (Wildman–Crippen LogP) is 3.41. The number of rotatable bonds is 3. The van der Waals surface area contributed by atoms with E-state index in [4.69, 9.17) is 4.74 Å². The van der Waals surface area contributed by atoms with Crippen LogP contribution in [-0.2, 0) is 0 Å². The van der Waals surface area contributed by atoms with E-state index in [0.717, 1.165) is 19.4 Å². The van der Waals surface area contributed by atoms with Gasteiger partial charge in [0.25, 0.3) is 0 Å². The monoisotopic (exact) mass is 336 g/mol. The van der Waals surface area contributed by atoms with E-state index in [1.54, 1.807) is 6.20 Å². The van der Waals surface area contributed by atoms with E-state index < -0.39 is 0 Å². The summed E-state index contributed by atoms with van der Waals surface area (Å²) < 4.78 is 5.19. The van der Waals surface area contributed by atoms with Crippen molar-refractivity contribution in [2.24, 2.45) is 5.41 Å². The Balaban J connectivity index is 1.58. The lowest BCUT2D eigenvalue weighted by Gasteiger charge is -2.56. The van der Waals surface area contributed by atoms with Crippen LogP contribution in [0.1, 0.15) is 24.4 Å². The molecule has 2 aromatic rings. The molecular weight excluding hydrogens is 316 g/mol. The molecule has 1 aliphatic carbocycles. The smallest absolute Gasteiger partial charge is 0.322 e. The number of carbonyl (C=O) groups excluding carboxylic acids is 1. The summed E-state index contributed by atoms with van der Waals surface area (Å²) in [6.45, 7) is 0.738. The Kier molecular flexibility index (Phi) is 3.87. The van der Waals surface area contributed by atoms with Crippen LogP contribution in [0.4, 0.5) is 10.5 Å². The van der Waals surface area contributed by atoms with Crippen molar-refractivity contribution in [2.45, 2.75) is 18.9 Å². The number of aromatic nitrogens is 2. The number of likely N-dealkylation sites (tertiary alicyclic amines) is 1. The van der Waals surface area contributed by atoms with Gasteiger partial charge in [0, 0.05) is 12.0 Å². The first-order chi connectivity index (χ1) is 12.2. The van der Waals surface area contributed by atoms with Gasteiger partial charge in [-0.3, -0.25) is 0 Å². The summed E-state index contributed by atoms with van der Waals surface area (Å²) in [5.74, 6) is 0.359. The highest BCUT2D eigenvalue weighted by atomic mass is 16.5. The highest BCUT2D eigenvalue weighted by molar-refractivity contribution is 5.91. The number of benzene rings is 1. The topological polar surface area (TPSA) is 67.4 Å². The minimum Gasteiger partial charge on any atom is -0.479 e. The first kappa shape index (κ1) is 15.6. The van der Waals surface area contributed by atoms with Crippen molar-refractivity contribution in [1.82, 2.24) is 14.9 Å². The molecule has 1 spiro atoms. The maximum atomic E-state index is 12.9. The summed E-state index contributed by atoms with van der Waals surface area (Å²) in [5, 5.41) is 2.89. The zero-order chi connectivity index (χ0) is 17.3. The van der Waals surface area contributed by atoms with Gasteiger partial charge in [0.1, 0.15) is 12.0 Å². The van der Waals surface area contributed by atoms with Gasteiger partial charge < -0.3 is 15.0 Å². The Hall–Kier alpha value is -2.89. The molecule has 2 heterocycles. The molecule has 1 aromatic carbocycles. The van der Waals surface area contributed by atoms with E-state index in [-0.39, 0.29) is 17.5 Å². The average Bonchev–Trinajstić information content (AvgIpc) is 3.13. The molecule has 2 amide bonds. The molecule has 1 N–H and O–H groups in total. The number of carbonyl (C=O) groups is 1. The van der Waals surface area contributed by atoms with Crippen molar-refractivity contribution >= 4 is 11.7 Å². The summed E-state index contributed by atoms with van der Waals surface area (Å²) >= 11 is 0. The lowest BCUT2D eigenvalue weighted by Crippen LogP contribution is -2.60. The van der Waals surface area contributed by atoms with Crippen LogP contribution in [0.3, 0.4) is 0 Å². The molecular formula is C19H20N4O2. The lowest BCUT2D eigenvalue weighted by atomic mass is 9.67. The number of urea groups is 1. The van der Waals surface area contributed by atoms with Gasteiger partial charge in [0.15, 0.2) is 0 Å². The normalized spacial score (nSPS) is 20.4. The Bertz CT molecular complexity index is 798. The maximum absolute atomic E-state index is 12.9. The molecule has 25 heavy (non-hydrogen) atoms. The van der Waals surface area contributed by atoms with Gasteiger partial charge in [-0.25, -0.2) is 9.78 Å². The highest BCUT2D eigenvalue weighted by Gasteiger charge is 2.54. The third kappa shape index (κ3) is 2.63. The van der Waals surface area contributed by atoms with E-state index >= 15 is 0 Å². The number of amides is 2. The fourth-order valence-corrected chi connectivity index (χ4v) is 3.92. The number of nitrogens with one attached hydrogen (secondary N) is 1. The molecule has 0 radical (unpaired) electrons. The molecule has 1 atom stereocenters. The third-order valence-corrected chi connectivity index (χ3v) is 5.08. The number of ether oxygens (including phenoxy) is 1. The Labute approximate surface area is 146 Å². The Morgan fingerprint density at radius 2 is 2.04 bits per heavy atom. The summed E-state index contributed by atoms with van der Waals surface area (Å²) in [7, 11) is 1.52. The highest BCUT2D eigenvalue weighted by Crippen LogP contribution is 2.56. The van der Waals surface area contributed by atoms with Crippen LogP contribution in [0, 0.1) is 5.41 Å². The number of methoxy groups -OCH3 is 1. The second-order valence-corrected chi connectivity index (χ2v) is 6.56. The van der Waals surface area contributed by atoms with Crippen LogP contribution in [0.25, 0.3) is 0 Å². The molecule has 6 heteroatoms. The average molecular weight is 336 g/mol. The van der Waals surface area contributed by atoms with Gasteiger partial charge in [-0.2, -0.15) is 4.98 Å². The van der Waals surface area contributed by atoms with Crippen molar-refractivity contribution in [1.29, 1.82) is 0 Å². The molecule has 0 bridgehead atoms. The van der Waals surface area contributed by atoms with Gasteiger partial charge in [-0.15, -0.1) is 0 Å². The van der Waals surface area contributed by atoms with E-state index in [0.29, 0.717) is 11.6 Å². The first-order valence-electron chi connectivity index (χ1n) is 8.35. The zero-order valence-corrected chi connectivity index (χ0v) is 14.1. The molecule has 4 rings (SSSR count). The Morgan fingerprint density at radius 1 is 1.28 bits per heavy atom. The van der Waals surface area contributed by atoms with Crippen LogP contribution in [-0.4, -0.2) is 34.6 Å². The molecule has 1 unspecified atom stereocenters. The van der Waals surface area contributed by atoms with Gasteiger partial charge >= 0.3 is 6.03 Å². The summed E-state index contributed by atoms with van der Waals surface area (Å²) in [6, 6.07) is 10.1. The molecule has 128 valence electrons. The van der Waals surface area contributed by atoms with Gasteiger partial charge in [-0.05, 0) is 18.4 Å². The summed E-state index contributed by atoms with van der Waals surface area (Å²) in [6.07, 6.45) is 9.40. The van der Waals surface area contributed by atoms with E-state index in [1.165, 1.54) is 19.0 Å². The van der Waals surface area contributed by atoms with Crippen LogP contribution in [0.5, 0.6) is 5.88 Å². The van der Waals surface area contributed by atoms with Crippen LogP contribution in [0.2, 0.25) is 0 Å². The molecule has 0 saturated carbocycles. The Morgan fingerprint density at radius 3 is 2.76 bits per heavy atom. The first-order valence-corrected chi connectivity index (χ1v) is 8.35. The van der Waals surface area contributed by atoms with Gasteiger partial charge in [-0.1, -0.05) is 42.5 Å². The molecule has 1 fully saturated rings. The second kappa shape index (κ2) is 6.20. The zero-order valence-electron chi connectivity index (χ0n) is 14.1. The van der Waals surface area contributed by atoms with Crippen LogP contribution < -0.4 is 10.1 Å². The fraction of sp³-hybridized carbons (Fsp3) is 0.316. The van der Waals surface area contributed by atoms with Crippen molar-refractivity contribution < 1.29 is 9.53 Å². The van der Waals surface area contributed by atoms with E-state index in [2.05, 4.69) is 39.6 Å². The predicted molar refractivity (Wildman–Crippen MR) is 94.3 cm³/mol. The largest absolute Gasteiger partial charge is 0.479 e. The minimum atomic E-state index is -0.153. The standard InChI is InChI=1S/C19H20N4O2/c1-25-17-15(11-20-13-21-17)22-18(24)23-12-19(9-5-6-10-19)16(23)14-7-3-2-4-8-14/h2-8,11,13,16H,9-10,12H2,1H3,(H,22,24). The number of anilines is 1.